The van der Waals surface area contributed by atoms with E-state index in [1.807, 2.05) is 13.8 Å². The van der Waals surface area contributed by atoms with Crippen LogP contribution in [-0.4, -0.2) is 26.9 Å². The summed E-state index contributed by atoms with van der Waals surface area (Å²) in [6.07, 6.45) is 0.0301. The van der Waals surface area contributed by atoms with Gasteiger partial charge in [-0.05, 0) is 32.0 Å². The van der Waals surface area contributed by atoms with Crippen molar-refractivity contribution < 1.29 is 17.6 Å². The van der Waals surface area contributed by atoms with Gasteiger partial charge in [0.15, 0.2) is 0 Å². The van der Waals surface area contributed by atoms with E-state index in [1.165, 1.54) is 6.07 Å². The van der Waals surface area contributed by atoms with Crippen molar-refractivity contribution in [2.45, 2.75) is 37.8 Å². The zero-order chi connectivity index (χ0) is 16.0. The molecule has 0 saturated carbocycles. The minimum Gasteiger partial charge on any atom is -0.354 e. The van der Waals surface area contributed by atoms with Crippen LogP contribution in [0.2, 0.25) is 0 Å². The standard InChI is InChI=1S/C13H20FN3O3S/c1-9(2)17-13(18)5-6-16-21(19,20)11-3-4-12(14)10(7-11)8-15/h3-4,7,9,16H,5-6,8,15H2,1-2H3,(H,17,18). The van der Waals surface area contributed by atoms with Gasteiger partial charge in [0.25, 0.3) is 0 Å². The molecule has 0 spiro atoms. The predicted molar refractivity (Wildman–Crippen MR) is 77.4 cm³/mol. The molecule has 8 heteroatoms. The Morgan fingerprint density at radius 3 is 2.62 bits per heavy atom. The second kappa shape index (κ2) is 7.48. The highest BCUT2D eigenvalue weighted by Gasteiger charge is 2.16. The number of nitrogens with one attached hydrogen (secondary N) is 2. The Morgan fingerprint density at radius 2 is 2.05 bits per heavy atom. The van der Waals surface area contributed by atoms with Crippen LogP contribution in [0.25, 0.3) is 0 Å². The van der Waals surface area contributed by atoms with E-state index in [0.29, 0.717) is 0 Å². The Hall–Kier alpha value is -1.51. The Bertz CT molecular complexity index is 603. The van der Waals surface area contributed by atoms with Gasteiger partial charge in [-0.3, -0.25) is 4.79 Å². The Kier molecular flexibility index (Phi) is 6.25. The minimum absolute atomic E-state index is 0.00156. The van der Waals surface area contributed by atoms with Crippen molar-refractivity contribution in [2.24, 2.45) is 5.73 Å². The monoisotopic (exact) mass is 317 g/mol. The van der Waals surface area contributed by atoms with Gasteiger partial charge in [0.05, 0.1) is 4.90 Å². The molecular weight excluding hydrogens is 297 g/mol. The molecule has 1 aromatic rings. The van der Waals surface area contributed by atoms with Gasteiger partial charge in [0.2, 0.25) is 15.9 Å². The molecule has 0 aliphatic heterocycles. The van der Waals surface area contributed by atoms with Gasteiger partial charge < -0.3 is 11.1 Å². The second-order valence-electron chi connectivity index (χ2n) is 4.83. The fourth-order valence-electron chi connectivity index (χ4n) is 1.65. The number of rotatable bonds is 7. The Morgan fingerprint density at radius 1 is 1.38 bits per heavy atom. The van der Waals surface area contributed by atoms with Gasteiger partial charge >= 0.3 is 0 Å². The SMILES string of the molecule is CC(C)NC(=O)CCNS(=O)(=O)c1ccc(F)c(CN)c1. The lowest BCUT2D eigenvalue weighted by Crippen LogP contribution is -2.34. The van der Waals surface area contributed by atoms with E-state index in [4.69, 9.17) is 5.73 Å². The van der Waals surface area contributed by atoms with Crippen LogP contribution in [0.15, 0.2) is 23.1 Å². The summed E-state index contributed by atoms with van der Waals surface area (Å²) in [5, 5.41) is 2.65. The zero-order valence-corrected chi connectivity index (χ0v) is 12.8. The second-order valence-corrected chi connectivity index (χ2v) is 6.59. The number of carbonyl (C=O) groups is 1. The van der Waals surface area contributed by atoms with Gasteiger partial charge in [0, 0.05) is 31.1 Å². The molecule has 0 radical (unpaired) electrons. The van der Waals surface area contributed by atoms with Gasteiger partial charge in [-0.2, -0.15) is 0 Å². The first-order valence-corrected chi connectivity index (χ1v) is 8.02. The van der Waals surface area contributed by atoms with E-state index in [9.17, 15) is 17.6 Å². The van der Waals surface area contributed by atoms with Crippen molar-refractivity contribution in [3.63, 3.8) is 0 Å². The molecule has 4 N–H and O–H groups in total. The molecule has 0 aliphatic carbocycles. The quantitative estimate of drug-likeness (QED) is 0.680. The number of hydrogen-bond donors (Lipinski definition) is 3. The van der Waals surface area contributed by atoms with Crippen molar-refractivity contribution in [3.8, 4) is 0 Å². The summed E-state index contributed by atoms with van der Waals surface area (Å²) in [5.41, 5.74) is 5.46. The summed E-state index contributed by atoms with van der Waals surface area (Å²) in [6.45, 7) is 3.51. The average molecular weight is 317 g/mol. The van der Waals surface area contributed by atoms with E-state index in [2.05, 4.69) is 10.0 Å². The number of sulfonamides is 1. The Labute approximate surface area is 124 Å². The van der Waals surface area contributed by atoms with Gasteiger partial charge in [0.1, 0.15) is 5.82 Å². The summed E-state index contributed by atoms with van der Waals surface area (Å²) >= 11 is 0. The zero-order valence-electron chi connectivity index (χ0n) is 12.0. The molecule has 0 bridgehead atoms. The highest BCUT2D eigenvalue weighted by atomic mass is 32.2. The summed E-state index contributed by atoms with van der Waals surface area (Å²) in [5.74, 6) is -0.790. The van der Waals surface area contributed by atoms with Gasteiger partial charge in [-0.25, -0.2) is 17.5 Å². The molecule has 1 rings (SSSR count). The maximum absolute atomic E-state index is 13.3. The molecule has 0 fully saturated rings. The van der Waals surface area contributed by atoms with E-state index in [1.54, 1.807) is 0 Å². The topological polar surface area (TPSA) is 101 Å². The predicted octanol–water partition coefficient (Wildman–Crippen LogP) is 0.477. The van der Waals surface area contributed by atoms with Crippen LogP contribution >= 0.6 is 0 Å². The van der Waals surface area contributed by atoms with Crippen LogP contribution in [0.5, 0.6) is 0 Å². The first kappa shape index (κ1) is 17.5. The maximum atomic E-state index is 13.3. The van der Waals surface area contributed by atoms with Crippen LogP contribution in [0.3, 0.4) is 0 Å². The molecule has 0 heterocycles. The smallest absolute Gasteiger partial charge is 0.240 e. The van der Waals surface area contributed by atoms with Crippen LogP contribution in [0, 0.1) is 5.82 Å². The van der Waals surface area contributed by atoms with Crippen molar-refractivity contribution >= 4 is 15.9 Å². The van der Waals surface area contributed by atoms with Crippen LogP contribution in [0.4, 0.5) is 4.39 Å². The summed E-state index contributed by atoms with van der Waals surface area (Å²) in [7, 11) is -3.79. The molecule has 0 aliphatic rings. The number of halogens is 1. The number of hydrogen-bond acceptors (Lipinski definition) is 4. The van der Waals surface area contributed by atoms with Crippen LogP contribution in [0.1, 0.15) is 25.8 Å². The molecule has 118 valence electrons. The molecule has 21 heavy (non-hydrogen) atoms. The highest BCUT2D eigenvalue weighted by molar-refractivity contribution is 7.89. The van der Waals surface area contributed by atoms with E-state index in [-0.39, 0.29) is 41.9 Å². The lowest BCUT2D eigenvalue weighted by atomic mass is 10.2. The van der Waals surface area contributed by atoms with Gasteiger partial charge in [-0.15, -0.1) is 0 Å². The Balaban J connectivity index is 2.68. The average Bonchev–Trinajstić information content (AvgIpc) is 2.37. The lowest BCUT2D eigenvalue weighted by Gasteiger charge is -2.10. The van der Waals surface area contributed by atoms with E-state index in [0.717, 1.165) is 12.1 Å². The molecule has 0 saturated heterocycles. The molecule has 1 amide bonds. The molecule has 1 aromatic carbocycles. The third kappa shape index (κ3) is 5.41. The van der Waals surface area contributed by atoms with Gasteiger partial charge in [-0.1, -0.05) is 0 Å². The minimum atomic E-state index is -3.79. The fraction of sp³-hybridized carbons (Fsp3) is 0.462. The van der Waals surface area contributed by atoms with Crippen molar-refractivity contribution in [1.82, 2.24) is 10.0 Å². The van der Waals surface area contributed by atoms with Crippen molar-refractivity contribution in [3.05, 3.63) is 29.6 Å². The molecular formula is C13H20FN3O3S. The van der Waals surface area contributed by atoms with Crippen LogP contribution < -0.4 is 15.8 Å². The largest absolute Gasteiger partial charge is 0.354 e. The normalized spacial score (nSPS) is 11.7. The van der Waals surface area contributed by atoms with Crippen molar-refractivity contribution in [1.29, 1.82) is 0 Å². The summed E-state index contributed by atoms with van der Waals surface area (Å²) in [4.78, 5) is 11.3. The molecule has 0 atom stereocenters. The fourth-order valence-corrected chi connectivity index (χ4v) is 2.73. The summed E-state index contributed by atoms with van der Waals surface area (Å²) in [6, 6.07) is 3.40. The number of amides is 1. The first-order chi connectivity index (χ1) is 9.76. The van der Waals surface area contributed by atoms with E-state index < -0.39 is 15.8 Å². The summed E-state index contributed by atoms with van der Waals surface area (Å²) < 4.78 is 39.6. The number of carbonyl (C=O) groups excluding carboxylic acids is 1. The molecule has 0 unspecified atom stereocenters. The lowest BCUT2D eigenvalue weighted by molar-refractivity contribution is -0.121. The molecule has 6 nitrogen and oxygen atoms in total. The third-order valence-corrected chi connectivity index (χ3v) is 4.10. The number of benzene rings is 1. The van der Waals surface area contributed by atoms with Crippen molar-refractivity contribution in [2.75, 3.05) is 6.54 Å². The highest BCUT2D eigenvalue weighted by Crippen LogP contribution is 2.14. The third-order valence-electron chi connectivity index (χ3n) is 2.64. The maximum Gasteiger partial charge on any atom is 0.240 e. The number of nitrogens with two attached hydrogens (primary N) is 1. The first-order valence-electron chi connectivity index (χ1n) is 6.54. The van der Waals surface area contributed by atoms with E-state index >= 15 is 0 Å². The van der Waals surface area contributed by atoms with Crippen LogP contribution in [-0.2, 0) is 21.4 Å². The molecule has 0 aromatic heterocycles.